The van der Waals surface area contributed by atoms with E-state index in [1.54, 1.807) is 6.07 Å². The second kappa shape index (κ2) is 10.2. The van der Waals surface area contributed by atoms with Crippen molar-refractivity contribution in [1.29, 1.82) is 0 Å². The zero-order valence-electron chi connectivity index (χ0n) is 19.7. The fourth-order valence-corrected chi connectivity index (χ4v) is 7.27. The van der Waals surface area contributed by atoms with Gasteiger partial charge in [0.25, 0.3) is 0 Å². The van der Waals surface area contributed by atoms with E-state index in [-0.39, 0.29) is 11.8 Å². The number of carbonyl (C=O) groups is 1. The lowest BCUT2D eigenvalue weighted by Crippen LogP contribution is -2.41. The van der Waals surface area contributed by atoms with Crippen LogP contribution in [0.25, 0.3) is 0 Å². The van der Waals surface area contributed by atoms with Crippen LogP contribution in [-0.4, -0.2) is 54.7 Å². The number of amides is 1. The number of likely N-dealkylation sites (tertiary alicyclic amines) is 1. The lowest BCUT2D eigenvalue weighted by molar-refractivity contribution is -0.120. The Morgan fingerprint density at radius 2 is 1.94 bits per heavy atom. The van der Waals surface area contributed by atoms with Gasteiger partial charge < -0.3 is 5.32 Å². The van der Waals surface area contributed by atoms with Crippen LogP contribution in [0.5, 0.6) is 0 Å². The predicted molar refractivity (Wildman–Crippen MR) is 132 cm³/mol. The standard InChI is InChI=1S/C24H34N4O3S2/c1-17-6-7-22(19(3)13-17)33(30,31)28-11-8-20(9-12-28)23(29)26-24-25-21(16-32-24)15-27-10-4-5-18(2)14-27/h6-7,13,16,18,20H,4-5,8-12,14-15H2,1-3H3,(H,25,26,29). The molecule has 2 aliphatic rings. The van der Waals surface area contributed by atoms with Crippen LogP contribution in [-0.2, 0) is 21.4 Å². The number of nitrogens with one attached hydrogen (secondary N) is 1. The van der Waals surface area contributed by atoms with Crippen LogP contribution >= 0.6 is 11.3 Å². The van der Waals surface area contributed by atoms with Gasteiger partial charge in [0.2, 0.25) is 15.9 Å². The number of hydrogen-bond acceptors (Lipinski definition) is 6. The Morgan fingerprint density at radius 1 is 1.18 bits per heavy atom. The van der Waals surface area contributed by atoms with E-state index >= 15 is 0 Å². The number of thiazole rings is 1. The molecule has 0 radical (unpaired) electrons. The predicted octanol–water partition coefficient (Wildman–Crippen LogP) is 4.03. The number of nitrogens with zero attached hydrogens (tertiary/aromatic N) is 3. The number of benzene rings is 1. The molecule has 7 nitrogen and oxygen atoms in total. The topological polar surface area (TPSA) is 82.6 Å². The monoisotopic (exact) mass is 490 g/mol. The van der Waals surface area contributed by atoms with E-state index < -0.39 is 10.0 Å². The second-order valence-electron chi connectivity index (χ2n) is 9.56. The maximum absolute atomic E-state index is 13.1. The van der Waals surface area contributed by atoms with Crippen LogP contribution in [0, 0.1) is 25.7 Å². The van der Waals surface area contributed by atoms with E-state index in [9.17, 15) is 13.2 Å². The van der Waals surface area contributed by atoms with Gasteiger partial charge in [0.1, 0.15) is 0 Å². The summed E-state index contributed by atoms with van der Waals surface area (Å²) >= 11 is 1.46. The SMILES string of the molecule is Cc1ccc(S(=O)(=O)N2CCC(C(=O)Nc3nc(CN4CCCC(C)C4)cs3)CC2)c(C)c1. The molecule has 1 aromatic heterocycles. The van der Waals surface area contributed by atoms with Crippen molar-refractivity contribution in [1.82, 2.24) is 14.2 Å². The van der Waals surface area contributed by atoms with Gasteiger partial charge in [-0.05, 0) is 63.6 Å². The van der Waals surface area contributed by atoms with Crippen molar-refractivity contribution in [2.75, 3.05) is 31.5 Å². The third kappa shape index (κ3) is 5.82. The largest absolute Gasteiger partial charge is 0.302 e. The molecule has 1 aromatic carbocycles. The summed E-state index contributed by atoms with van der Waals surface area (Å²) in [5, 5.41) is 5.61. The summed E-state index contributed by atoms with van der Waals surface area (Å²) in [4.78, 5) is 20.2. The zero-order valence-corrected chi connectivity index (χ0v) is 21.3. The van der Waals surface area contributed by atoms with Gasteiger partial charge >= 0.3 is 0 Å². The molecule has 1 N–H and O–H groups in total. The van der Waals surface area contributed by atoms with Gasteiger partial charge in [0.15, 0.2) is 5.13 Å². The fraction of sp³-hybridized carbons (Fsp3) is 0.583. The summed E-state index contributed by atoms with van der Waals surface area (Å²) in [6, 6.07) is 5.40. The highest BCUT2D eigenvalue weighted by molar-refractivity contribution is 7.89. The van der Waals surface area contributed by atoms with Crippen LogP contribution in [0.3, 0.4) is 0 Å². The fourth-order valence-electron chi connectivity index (χ4n) is 4.89. The molecule has 4 rings (SSSR count). The second-order valence-corrected chi connectivity index (χ2v) is 12.3. The highest BCUT2D eigenvalue weighted by atomic mass is 32.2. The third-order valence-electron chi connectivity index (χ3n) is 6.68. The van der Waals surface area contributed by atoms with Crippen molar-refractivity contribution in [2.24, 2.45) is 11.8 Å². The Morgan fingerprint density at radius 3 is 2.64 bits per heavy atom. The Hall–Kier alpha value is -1.81. The summed E-state index contributed by atoms with van der Waals surface area (Å²) in [5.74, 6) is 0.457. The van der Waals surface area contributed by atoms with E-state index in [1.807, 2.05) is 31.4 Å². The summed E-state index contributed by atoms with van der Waals surface area (Å²) in [6.07, 6.45) is 3.55. The van der Waals surface area contributed by atoms with E-state index in [2.05, 4.69) is 22.1 Å². The van der Waals surface area contributed by atoms with Gasteiger partial charge in [0, 0.05) is 37.5 Å². The summed E-state index contributed by atoms with van der Waals surface area (Å²) < 4.78 is 27.7. The smallest absolute Gasteiger partial charge is 0.243 e. The minimum atomic E-state index is -3.55. The number of hydrogen-bond donors (Lipinski definition) is 1. The number of anilines is 1. The van der Waals surface area contributed by atoms with Gasteiger partial charge in [-0.25, -0.2) is 13.4 Å². The maximum atomic E-state index is 13.1. The average molecular weight is 491 g/mol. The van der Waals surface area contributed by atoms with Crippen LogP contribution < -0.4 is 5.32 Å². The highest BCUT2D eigenvalue weighted by Crippen LogP contribution is 2.28. The van der Waals surface area contributed by atoms with Gasteiger partial charge in [-0.15, -0.1) is 11.3 Å². The molecule has 33 heavy (non-hydrogen) atoms. The molecule has 0 saturated carbocycles. The zero-order chi connectivity index (χ0) is 23.6. The van der Waals surface area contributed by atoms with Crippen LogP contribution in [0.4, 0.5) is 5.13 Å². The molecule has 2 aliphatic heterocycles. The van der Waals surface area contributed by atoms with Gasteiger partial charge in [-0.2, -0.15) is 4.31 Å². The number of rotatable bonds is 6. The molecule has 0 aliphatic carbocycles. The summed E-state index contributed by atoms with van der Waals surface area (Å²) in [7, 11) is -3.55. The number of piperidine rings is 2. The van der Waals surface area contributed by atoms with Crippen LogP contribution in [0.15, 0.2) is 28.5 Å². The maximum Gasteiger partial charge on any atom is 0.243 e. The van der Waals surface area contributed by atoms with Crippen LogP contribution in [0.2, 0.25) is 0 Å². The van der Waals surface area contributed by atoms with E-state index in [4.69, 9.17) is 0 Å². The molecule has 1 atom stereocenters. The van der Waals surface area contributed by atoms with E-state index in [1.165, 1.54) is 28.5 Å². The normalized spacial score (nSPS) is 21.2. The molecular formula is C24H34N4O3S2. The number of carbonyl (C=O) groups excluding carboxylic acids is 1. The first-order valence-corrected chi connectivity index (χ1v) is 14.1. The molecule has 2 aromatic rings. The molecule has 2 fully saturated rings. The van der Waals surface area contributed by atoms with Crippen LogP contribution in [0.1, 0.15) is 49.4 Å². The van der Waals surface area contributed by atoms with Gasteiger partial charge in [0.05, 0.1) is 10.6 Å². The van der Waals surface area contributed by atoms with Crippen molar-refractivity contribution < 1.29 is 13.2 Å². The highest BCUT2D eigenvalue weighted by Gasteiger charge is 2.33. The lowest BCUT2D eigenvalue weighted by Gasteiger charge is -2.30. The van der Waals surface area contributed by atoms with Crippen molar-refractivity contribution >= 4 is 32.4 Å². The summed E-state index contributed by atoms with van der Waals surface area (Å²) in [5.41, 5.74) is 2.80. The molecular weight excluding hydrogens is 456 g/mol. The minimum absolute atomic E-state index is 0.0638. The van der Waals surface area contributed by atoms with Crippen molar-refractivity contribution in [2.45, 2.75) is 57.9 Å². The molecule has 2 saturated heterocycles. The Bertz CT molecular complexity index is 1090. The first-order chi connectivity index (χ1) is 15.7. The Labute approximate surface area is 201 Å². The third-order valence-corrected chi connectivity index (χ3v) is 9.55. The molecule has 0 bridgehead atoms. The molecule has 3 heterocycles. The number of aromatic nitrogens is 1. The van der Waals surface area contributed by atoms with Crippen molar-refractivity contribution in [3.05, 3.63) is 40.4 Å². The number of sulfonamides is 1. The molecule has 0 spiro atoms. The average Bonchev–Trinajstić information content (AvgIpc) is 3.20. The lowest BCUT2D eigenvalue weighted by atomic mass is 9.97. The first kappa shape index (κ1) is 24.3. The Kier molecular flexibility index (Phi) is 7.53. The van der Waals surface area contributed by atoms with Crippen molar-refractivity contribution in [3.8, 4) is 0 Å². The van der Waals surface area contributed by atoms with E-state index in [0.29, 0.717) is 36.0 Å². The summed E-state index contributed by atoms with van der Waals surface area (Å²) in [6.45, 7) is 9.80. The quantitative estimate of drug-likeness (QED) is 0.661. The van der Waals surface area contributed by atoms with Crippen molar-refractivity contribution in [3.63, 3.8) is 0 Å². The molecule has 180 valence electrons. The Balaban J connectivity index is 1.30. The molecule has 1 amide bonds. The minimum Gasteiger partial charge on any atom is -0.302 e. The first-order valence-electron chi connectivity index (χ1n) is 11.8. The number of aryl methyl sites for hydroxylation is 2. The molecule has 9 heteroatoms. The van der Waals surface area contributed by atoms with Gasteiger partial charge in [-0.3, -0.25) is 9.69 Å². The molecule has 1 unspecified atom stereocenters. The van der Waals surface area contributed by atoms with E-state index in [0.717, 1.165) is 42.4 Å². The van der Waals surface area contributed by atoms with Gasteiger partial charge in [-0.1, -0.05) is 24.6 Å².